The SMILES string of the molecule is c1ccc2c(-n3cnnc3CC3CCNCC3)cccc2c1. The van der Waals surface area contributed by atoms with Crippen molar-refractivity contribution in [2.45, 2.75) is 19.3 Å². The minimum absolute atomic E-state index is 0.708. The standard InChI is InChI=1S/C18H20N4/c1-2-6-16-15(4-1)5-3-7-17(16)22-13-20-21-18(22)12-14-8-10-19-11-9-14/h1-7,13-14,19H,8-12H2. The molecule has 1 aromatic heterocycles. The molecule has 0 aliphatic carbocycles. The summed E-state index contributed by atoms with van der Waals surface area (Å²) in [5.74, 6) is 1.78. The molecule has 0 amide bonds. The van der Waals surface area contributed by atoms with Crippen molar-refractivity contribution < 1.29 is 0 Å². The van der Waals surface area contributed by atoms with E-state index < -0.39 is 0 Å². The lowest BCUT2D eigenvalue weighted by Crippen LogP contribution is -2.29. The molecule has 1 fully saturated rings. The van der Waals surface area contributed by atoms with E-state index in [1.807, 2.05) is 6.33 Å². The van der Waals surface area contributed by atoms with Gasteiger partial charge in [-0.1, -0.05) is 36.4 Å². The normalized spacial score (nSPS) is 16.2. The van der Waals surface area contributed by atoms with Gasteiger partial charge >= 0.3 is 0 Å². The lowest BCUT2D eigenvalue weighted by Gasteiger charge is -2.22. The zero-order valence-corrected chi connectivity index (χ0v) is 12.6. The molecule has 0 unspecified atom stereocenters. The van der Waals surface area contributed by atoms with Crippen molar-refractivity contribution in [1.29, 1.82) is 0 Å². The van der Waals surface area contributed by atoms with Gasteiger partial charge in [-0.05, 0) is 43.3 Å². The van der Waals surface area contributed by atoms with Gasteiger partial charge in [0.25, 0.3) is 0 Å². The van der Waals surface area contributed by atoms with Crippen LogP contribution >= 0.6 is 0 Å². The lowest BCUT2D eigenvalue weighted by molar-refractivity contribution is 0.366. The minimum Gasteiger partial charge on any atom is -0.317 e. The molecular formula is C18H20N4. The Balaban J connectivity index is 1.71. The Morgan fingerprint density at radius 2 is 1.86 bits per heavy atom. The molecule has 1 N–H and O–H groups in total. The van der Waals surface area contributed by atoms with Crippen LogP contribution in [0.25, 0.3) is 16.5 Å². The van der Waals surface area contributed by atoms with Crippen molar-refractivity contribution in [3.8, 4) is 5.69 Å². The molecule has 0 radical (unpaired) electrons. The van der Waals surface area contributed by atoms with E-state index in [1.165, 1.54) is 29.3 Å². The molecule has 0 atom stereocenters. The number of rotatable bonds is 3. The van der Waals surface area contributed by atoms with Gasteiger partial charge in [0.1, 0.15) is 12.2 Å². The summed E-state index contributed by atoms with van der Waals surface area (Å²) >= 11 is 0. The van der Waals surface area contributed by atoms with E-state index in [9.17, 15) is 0 Å². The predicted octanol–water partition coefficient (Wildman–Crippen LogP) is 2.96. The Labute approximate surface area is 130 Å². The molecule has 0 bridgehead atoms. The number of piperidine rings is 1. The average Bonchev–Trinajstić information content (AvgIpc) is 3.03. The van der Waals surface area contributed by atoms with Gasteiger partial charge in [0.2, 0.25) is 0 Å². The monoisotopic (exact) mass is 292 g/mol. The van der Waals surface area contributed by atoms with Gasteiger partial charge in [0, 0.05) is 11.8 Å². The minimum atomic E-state index is 0.708. The van der Waals surface area contributed by atoms with Crippen LogP contribution in [0.3, 0.4) is 0 Å². The fraction of sp³-hybridized carbons (Fsp3) is 0.333. The molecule has 1 aliphatic heterocycles. The molecule has 2 aromatic carbocycles. The van der Waals surface area contributed by atoms with Crippen LogP contribution < -0.4 is 5.32 Å². The maximum absolute atomic E-state index is 4.39. The summed E-state index contributed by atoms with van der Waals surface area (Å²) in [6, 6.07) is 14.9. The summed E-state index contributed by atoms with van der Waals surface area (Å²) in [4.78, 5) is 0. The maximum Gasteiger partial charge on any atom is 0.137 e. The highest BCUT2D eigenvalue weighted by Crippen LogP contribution is 2.24. The lowest BCUT2D eigenvalue weighted by atomic mass is 9.94. The first kappa shape index (κ1) is 13.5. The summed E-state index contributed by atoms with van der Waals surface area (Å²) in [5, 5.41) is 14.5. The van der Waals surface area contributed by atoms with Crippen molar-refractivity contribution in [2.24, 2.45) is 5.92 Å². The fourth-order valence-corrected chi connectivity index (χ4v) is 3.36. The van der Waals surface area contributed by atoms with Crippen LogP contribution in [0.4, 0.5) is 0 Å². The van der Waals surface area contributed by atoms with Gasteiger partial charge in [0.15, 0.2) is 0 Å². The Morgan fingerprint density at radius 3 is 2.77 bits per heavy atom. The number of hydrogen-bond donors (Lipinski definition) is 1. The second-order valence-corrected chi connectivity index (χ2v) is 6.01. The van der Waals surface area contributed by atoms with Gasteiger partial charge in [-0.15, -0.1) is 10.2 Å². The van der Waals surface area contributed by atoms with Crippen LogP contribution in [-0.2, 0) is 6.42 Å². The van der Waals surface area contributed by atoms with E-state index in [0.717, 1.165) is 25.3 Å². The summed E-state index contributed by atoms with van der Waals surface area (Å²) in [5.41, 5.74) is 1.17. The van der Waals surface area contributed by atoms with Crippen LogP contribution in [0.15, 0.2) is 48.8 Å². The first-order chi connectivity index (χ1) is 10.9. The molecule has 112 valence electrons. The average molecular weight is 292 g/mol. The number of nitrogens with zero attached hydrogens (tertiary/aromatic N) is 3. The predicted molar refractivity (Wildman–Crippen MR) is 88.2 cm³/mol. The Kier molecular flexibility index (Phi) is 3.60. The zero-order valence-electron chi connectivity index (χ0n) is 12.6. The topological polar surface area (TPSA) is 42.7 Å². The van der Waals surface area contributed by atoms with Crippen LogP contribution in [0.5, 0.6) is 0 Å². The molecule has 0 saturated carbocycles. The van der Waals surface area contributed by atoms with E-state index >= 15 is 0 Å². The molecule has 4 nitrogen and oxygen atoms in total. The van der Waals surface area contributed by atoms with E-state index in [0.29, 0.717) is 5.92 Å². The molecule has 4 rings (SSSR count). The molecule has 1 aliphatic rings. The van der Waals surface area contributed by atoms with Gasteiger partial charge < -0.3 is 5.32 Å². The van der Waals surface area contributed by atoms with Crippen LogP contribution in [0.1, 0.15) is 18.7 Å². The van der Waals surface area contributed by atoms with Crippen molar-refractivity contribution in [3.05, 3.63) is 54.6 Å². The van der Waals surface area contributed by atoms with Crippen LogP contribution in [0, 0.1) is 5.92 Å². The first-order valence-corrected chi connectivity index (χ1v) is 7.99. The zero-order chi connectivity index (χ0) is 14.8. The van der Waals surface area contributed by atoms with Crippen molar-refractivity contribution >= 4 is 10.8 Å². The maximum atomic E-state index is 4.39. The third-order valence-electron chi connectivity index (χ3n) is 4.57. The number of hydrogen-bond acceptors (Lipinski definition) is 3. The van der Waals surface area contributed by atoms with Crippen LogP contribution in [0.2, 0.25) is 0 Å². The highest BCUT2D eigenvalue weighted by atomic mass is 15.3. The number of aromatic nitrogens is 3. The first-order valence-electron chi connectivity index (χ1n) is 7.99. The summed E-state index contributed by atoms with van der Waals surface area (Å²) in [7, 11) is 0. The molecule has 2 heterocycles. The second kappa shape index (κ2) is 5.89. The quantitative estimate of drug-likeness (QED) is 0.807. The van der Waals surface area contributed by atoms with Gasteiger partial charge in [0.05, 0.1) is 5.69 Å². The number of fused-ring (bicyclic) bond motifs is 1. The van der Waals surface area contributed by atoms with Gasteiger partial charge in [-0.2, -0.15) is 0 Å². The highest BCUT2D eigenvalue weighted by molar-refractivity contribution is 5.90. The summed E-state index contributed by atoms with van der Waals surface area (Å²) in [6.45, 7) is 2.24. The Hall–Kier alpha value is -2.20. The van der Waals surface area contributed by atoms with Crippen molar-refractivity contribution in [2.75, 3.05) is 13.1 Å². The van der Waals surface area contributed by atoms with E-state index in [-0.39, 0.29) is 0 Å². The fourth-order valence-electron chi connectivity index (χ4n) is 3.36. The Morgan fingerprint density at radius 1 is 1.05 bits per heavy atom. The number of benzene rings is 2. The van der Waals surface area contributed by atoms with E-state index in [4.69, 9.17) is 0 Å². The molecular weight excluding hydrogens is 272 g/mol. The van der Waals surface area contributed by atoms with E-state index in [2.05, 4.69) is 62.5 Å². The smallest absolute Gasteiger partial charge is 0.137 e. The second-order valence-electron chi connectivity index (χ2n) is 6.01. The molecule has 0 spiro atoms. The molecule has 3 aromatic rings. The molecule has 4 heteroatoms. The third kappa shape index (κ3) is 2.50. The number of nitrogens with one attached hydrogen (secondary N) is 1. The summed E-state index contributed by atoms with van der Waals surface area (Å²) < 4.78 is 2.16. The van der Waals surface area contributed by atoms with E-state index in [1.54, 1.807) is 0 Å². The summed E-state index contributed by atoms with van der Waals surface area (Å²) in [6.07, 6.45) is 5.30. The highest BCUT2D eigenvalue weighted by Gasteiger charge is 2.17. The Bertz CT molecular complexity index is 766. The largest absolute Gasteiger partial charge is 0.317 e. The van der Waals surface area contributed by atoms with Gasteiger partial charge in [-0.25, -0.2) is 0 Å². The van der Waals surface area contributed by atoms with Gasteiger partial charge in [-0.3, -0.25) is 4.57 Å². The molecule has 22 heavy (non-hydrogen) atoms. The van der Waals surface area contributed by atoms with Crippen LogP contribution in [-0.4, -0.2) is 27.9 Å². The van der Waals surface area contributed by atoms with Crippen molar-refractivity contribution in [1.82, 2.24) is 20.1 Å². The third-order valence-corrected chi connectivity index (χ3v) is 4.57. The molecule has 1 saturated heterocycles. The van der Waals surface area contributed by atoms with Crippen molar-refractivity contribution in [3.63, 3.8) is 0 Å².